The first kappa shape index (κ1) is 13.6. The summed E-state index contributed by atoms with van der Waals surface area (Å²) < 4.78 is 10.6. The van der Waals surface area contributed by atoms with Gasteiger partial charge in [-0.2, -0.15) is 9.98 Å². The highest BCUT2D eigenvalue weighted by Crippen LogP contribution is 2.39. The summed E-state index contributed by atoms with van der Waals surface area (Å²) in [5.74, 6) is 0.664. The van der Waals surface area contributed by atoms with E-state index in [9.17, 15) is 9.59 Å². The Morgan fingerprint density at radius 3 is 1.61 bits per heavy atom. The van der Waals surface area contributed by atoms with E-state index in [0.29, 0.717) is 24.7 Å². The minimum absolute atomic E-state index is 0.278. The molecule has 6 heteroatoms. The number of isocyanates is 2. The van der Waals surface area contributed by atoms with Gasteiger partial charge in [0.05, 0.1) is 13.2 Å². The van der Waals surface area contributed by atoms with Gasteiger partial charge in [0, 0.05) is 12.1 Å². The predicted octanol–water partition coefficient (Wildman–Crippen LogP) is 2.42. The van der Waals surface area contributed by atoms with E-state index in [4.69, 9.17) is 9.47 Å². The van der Waals surface area contributed by atoms with Crippen LogP contribution in [0.5, 0.6) is 11.5 Å². The van der Waals surface area contributed by atoms with Crippen LogP contribution in [0.3, 0.4) is 0 Å². The molecule has 6 nitrogen and oxygen atoms in total. The fourth-order valence-corrected chi connectivity index (χ4v) is 1.35. The molecular weight excluding hydrogens is 236 g/mol. The summed E-state index contributed by atoms with van der Waals surface area (Å²) in [6.07, 6.45) is 2.87. The van der Waals surface area contributed by atoms with Crippen molar-refractivity contribution in [3.63, 3.8) is 0 Å². The largest absolute Gasteiger partial charge is 0.491 e. The zero-order valence-electron chi connectivity index (χ0n) is 10.1. The summed E-state index contributed by atoms with van der Waals surface area (Å²) in [5.41, 5.74) is 0.556. The quantitative estimate of drug-likeness (QED) is 0.572. The molecule has 0 atom stereocenters. The van der Waals surface area contributed by atoms with Gasteiger partial charge in [-0.25, -0.2) is 9.59 Å². The SMILES string of the molecule is CCOc1cc(N=C=O)c(OCC)cc1N=C=O. The van der Waals surface area contributed by atoms with Gasteiger partial charge in [-0.05, 0) is 13.8 Å². The van der Waals surface area contributed by atoms with E-state index in [0.717, 1.165) is 0 Å². The second-order valence-corrected chi connectivity index (χ2v) is 3.06. The average Bonchev–Trinajstić information content (AvgIpc) is 2.35. The van der Waals surface area contributed by atoms with Crippen molar-refractivity contribution in [2.24, 2.45) is 9.98 Å². The van der Waals surface area contributed by atoms with Gasteiger partial charge in [-0.3, -0.25) is 0 Å². The molecule has 0 saturated heterocycles. The van der Waals surface area contributed by atoms with Gasteiger partial charge < -0.3 is 9.47 Å². The fraction of sp³-hybridized carbons (Fsp3) is 0.333. The summed E-state index contributed by atoms with van der Waals surface area (Å²) in [6, 6.07) is 2.94. The number of carbonyl (C=O) groups excluding carboxylic acids is 2. The maximum atomic E-state index is 10.3. The van der Waals surface area contributed by atoms with Crippen molar-refractivity contribution in [1.82, 2.24) is 0 Å². The first-order valence-electron chi connectivity index (χ1n) is 5.36. The van der Waals surface area contributed by atoms with Crippen molar-refractivity contribution in [1.29, 1.82) is 0 Å². The first-order valence-corrected chi connectivity index (χ1v) is 5.36. The van der Waals surface area contributed by atoms with Crippen LogP contribution < -0.4 is 9.47 Å². The van der Waals surface area contributed by atoms with Crippen molar-refractivity contribution >= 4 is 23.5 Å². The fourth-order valence-electron chi connectivity index (χ4n) is 1.35. The summed E-state index contributed by atoms with van der Waals surface area (Å²) in [4.78, 5) is 27.7. The molecule has 1 aromatic rings. The van der Waals surface area contributed by atoms with E-state index >= 15 is 0 Å². The van der Waals surface area contributed by atoms with Crippen LogP contribution in [-0.4, -0.2) is 25.4 Å². The monoisotopic (exact) mass is 248 g/mol. The van der Waals surface area contributed by atoms with E-state index in [-0.39, 0.29) is 11.4 Å². The number of ether oxygens (including phenoxy) is 2. The molecule has 0 spiro atoms. The van der Waals surface area contributed by atoms with Gasteiger partial charge in [-0.1, -0.05) is 0 Å². The minimum Gasteiger partial charge on any atom is -0.491 e. The predicted molar refractivity (Wildman–Crippen MR) is 64.3 cm³/mol. The minimum atomic E-state index is 0.278. The Labute approximate surface area is 104 Å². The highest BCUT2D eigenvalue weighted by molar-refractivity contribution is 5.70. The second-order valence-electron chi connectivity index (χ2n) is 3.06. The molecule has 0 unspecified atom stereocenters. The van der Waals surface area contributed by atoms with Crippen LogP contribution in [0.2, 0.25) is 0 Å². The topological polar surface area (TPSA) is 77.3 Å². The molecule has 1 rings (SSSR count). The maximum Gasteiger partial charge on any atom is 0.240 e. The normalized spacial score (nSPS) is 9.00. The van der Waals surface area contributed by atoms with E-state index in [2.05, 4.69) is 9.98 Å². The lowest BCUT2D eigenvalue weighted by atomic mass is 10.2. The molecule has 1 aromatic carbocycles. The van der Waals surface area contributed by atoms with Crippen molar-refractivity contribution in [2.45, 2.75) is 13.8 Å². The third-order valence-corrected chi connectivity index (χ3v) is 1.97. The van der Waals surface area contributed by atoms with E-state index in [1.54, 1.807) is 13.8 Å². The smallest absolute Gasteiger partial charge is 0.240 e. The van der Waals surface area contributed by atoms with Gasteiger partial charge in [0.15, 0.2) is 0 Å². The van der Waals surface area contributed by atoms with Crippen LogP contribution in [0.4, 0.5) is 11.4 Å². The molecule has 18 heavy (non-hydrogen) atoms. The Bertz CT molecular complexity index is 467. The highest BCUT2D eigenvalue weighted by Gasteiger charge is 2.11. The summed E-state index contributed by atoms with van der Waals surface area (Å²) >= 11 is 0. The van der Waals surface area contributed by atoms with Crippen LogP contribution >= 0.6 is 0 Å². The van der Waals surface area contributed by atoms with Gasteiger partial charge in [-0.15, -0.1) is 0 Å². The van der Waals surface area contributed by atoms with Crippen molar-refractivity contribution in [3.05, 3.63) is 12.1 Å². The second kappa shape index (κ2) is 7.01. The highest BCUT2D eigenvalue weighted by atomic mass is 16.5. The summed E-state index contributed by atoms with van der Waals surface area (Å²) in [7, 11) is 0. The molecule has 0 aliphatic heterocycles. The van der Waals surface area contributed by atoms with Gasteiger partial charge >= 0.3 is 0 Å². The molecule has 0 saturated carbocycles. The molecule has 0 aliphatic rings. The third kappa shape index (κ3) is 3.28. The lowest BCUT2D eigenvalue weighted by molar-refractivity contribution is 0.332. The van der Waals surface area contributed by atoms with Gasteiger partial charge in [0.2, 0.25) is 12.2 Å². The summed E-state index contributed by atoms with van der Waals surface area (Å²) in [6.45, 7) is 4.35. The first-order chi connectivity index (χ1) is 8.76. The standard InChI is InChI=1S/C12H12N2O4/c1-3-17-11-5-10(14-8-16)12(18-4-2)6-9(11)13-7-15/h5-6H,3-4H2,1-2H3. The van der Waals surface area contributed by atoms with Gasteiger partial charge in [0.25, 0.3) is 0 Å². The third-order valence-electron chi connectivity index (χ3n) is 1.97. The van der Waals surface area contributed by atoms with Crippen molar-refractivity contribution < 1.29 is 19.1 Å². The number of hydrogen-bond acceptors (Lipinski definition) is 6. The Kier molecular flexibility index (Phi) is 5.32. The number of aliphatic imine (C=N–C) groups is 2. The van der Waals surface area contributed by atoms with Gasteiger partial charge in [0.1, 0.15) is 22.9 Å². The number of benzene rings is 1. The van der Waals surface area contributed by atoms with Crippen LogP contribution in [0.15, 0.2) is 22.1 Å². The van der Waals surface area contributed by atoms with Crippen LogP contribution in [0.25, 0.3) is 0 Å². The molecule has 94 valence electrons. The molecule has 0 aliphatic carbocycles. The van der Waals surface area contributed by atoms with Crippen LogP contribution in [0, 0.1) is 0 Å². The average molecular weight is 248 g/mol. The molecule has 0 bridgehead atoms. The molecular formula is C12H12N2O4. The van der Waals surface area contributed by atoms with E-state index in [1.165, 1.54) is 24.3 Å². The Morgan fingerprint density at radius 2 is 1.33 bits per heavy atom. The Hall–Kier alpha value is -2.42. The molecule has 0 N–H and O–H groups in total. The molecule has 0 radical (unpaired) electrons. The lowest BCUT2D eigenvalue weighted by Gasteiger charge is -2.10. The molecule has 0 aromatic heterocycles. The van der Waals surface area contributed by atoms with Crippen LogP contribution in [-0.2, 0) is 9.59 Å². The van der Waals surface area contributed by atoms with E-state index < -0.39 is 0 Å². The maximum absolute atomic E-state index is 10.3. The number of hydrogen-bond donors (Lipinski definition) is 0. The summed E-state index contributed by atoms with van der Waals surface area (Å²) in [5, 5.41) is 0. The van der Waals surface area contributed by atoms with Crippen LogP contribution in [0.1, 0.15) is 13.8 Å². The number of rotatable bonds is 6. The van der Waals surface area contributed by atoms with Crippen molar-refractivity contribution in [3.8, 4) is 11.5 Å². The van der Waals surface area contributed by atoms with Crippen molar-refractivity contribution in [2.75, 3.05) is 13.2 Å². The van der Waals surface area contributed by atoms with E-state index in [1.807, 2.05) is 0 Å². The molecule has 0 amide bonds. The Balaban J connectivity index is 3.37. The zero-order valence-corrected chi connectivity index (χ0v) is 10.1. The molecule has 0 heterocycles. The molecule has 0 fully saturated rings. The Morgan fingerprint density at radius 1 is 0.944 bits per heavy atom. The number of nitrogens with zero attached hydrogens (tertiary/aromatic N) is 2. The zero-order chi connectivity index (χ0) is 13.4. The lowest BCUT2D eigenvalue weighted by Crippen LogP contribution is -1.95.